The van der Waals surface area contributed by atoms with Crippen molar-refractivity contribution >= 4 is 11.6 Å². The number of hydrogen-bond acceptors (Lipinski definition) is 10. The number of benzene rings is 2. The first-order valence-electron chi connectivity index (χ1n) is 24.9. The molecule has 3 aromatic rings. The molecule has 11 nitrogen and oxygen atoms in total. The van der Waals surface area contributed by atoms with E-state index in [9.17, 15) is 35.1 Å². The van der Waals surface area contributed by atoms with Crippen molar-refractivity contribution in [3.05, 3.63) is 106 Å². The SMILES string of the molecule is CCC[C@@H]([C@@H]1C[C@@H](CC2=CCNC(N)=C2)C[C@H]2C#C[C@H](c3ccccc3CCC(C)C)c3cc(O)c(OC)cc3CCC(=O)[C@H](O)C(=O)[C@H]2C1)[C@H](O)Cc1cc([C@H](C)CC[C@H](O)[C@H](C)O)c[nH]1. The Balaban J connectivity index is 1.43. The largest absolute Gasteiger partial charge is 0.504 e. The number of aromatic hydroxyl groups is 1. The third kappa shape index (κ3) is 13.4. The lowest BCUT2D eigenvalue weighted by molar-refractivity contribution is -0.142. The van der Waals surface area contributed by atoms with Gasteiger partial charge in [-0.25, -0.2) is 0 Å². The van der Waals surface area contributed by atoms with E-state index in [1.165, 1.54) is 7.11 Å². The van der Waals surface area contributed by atoms with Gasteiger partial charge in [-0.3, -0.25) is 9.59 Å². The van der Waals surface area contributed by atoms with Gasteiger partial charge < -0.3 is 46.3 Å². The fraction of sp³-hybridized carbons (Fsp3) is 0.571. The third-order valence-electron chi connectivity index (χ3n) is 14.8. The number of aliphatic hydroxyl groups is 4. The average Bonchev–Trinajstić information content (AvgIpc) is 3.69. The molecule has 1 aromatic heterocycles. The standard InChI is InChI=1S/C56H77N3O8/c1-7-10-45(51(63)30-43-27-42(32-59-43)34(4)14-19-49(61)35(5)60)41-25-37(23-36-21-22-58-54(57)26-36)24-39-16-18-46(44-12-9-8-11-38(44)15-13-33(2)3)47-31-52(64)53(67-6)29-40(47)17-20-50(62)56(66)55(65)48(39)28-41/h8-9,11-12,21,26-27,29,31-35,37,39,41,45-46,48-49,51,56,58-61,63-64,66H,7,10,13-15,17,19-20,22-25,28,30,57H2,1-6H3/t34-,35+,37+,39-,41-,45+,46-,48+,49+,51-,56+/m1/s1. The first-order valence-corrected chi connectivity index (χ1v) is 24.9. The van der Waals surface area contributed by atoms with Gasteiger partial charge in [-0.2, -0.15) is 0 Å². The fourth-order valence-electron chi connectivity index (χ4n) is 10.9. The number of carbonyl (C=O) groups is 2. The van der Waals surface area contributed by atoms with Crippen molar-refractivity contribution in [2.75, 3.05) is 13.7 Å². The number of methoxy groups -OCH3 is 1. The van der Waals surface area contributed by atoms with E-state index in [1.807, 2.05) is 24.4 Å². The molecule has 0 unspecified atom stereocenters. The van der Waals surface area contributed by atoms with Gasteiger partial charge in [0.2, 0.25) is 0 Å². The summed E-state index contributed by atoms with van der Waals surface area (Å²) in [5.74, 6) is 5.69. The number of phenolic OH excluding ortho intramolecular Hbond substituents is 1. The number of aromatic nitrogens is 1. The summed E-state index contributed by atoms with van der Waals surface area (Å²) in [6, 6.07) is 13.8. The molecule has 67 heavy (non-hydrogen) atoms. The Morgan fingerprint density at radius 1 is 0.910 bits per heavy atom. The number of carbonyl (C=O) groups excluding carboxylic acids is 2. The van der Waals surface area contributed by atoms with E-state index >= 15 is 0 Å². The smallest absolute Gasteiger partial charge is 0.173 e. The molecular formula is C56H77N3O8. The average molecular weight is 920 g/mol. The van der Waals surface area contributed by atoms with E-state index < -0.39 is 53.7 Å². The van der Waals surface area contributed by atoms with Crippen LogP contribution in [0.5, 0.6) is 11.5 Å². The minimum Gasteiger partial charge on any atom is -0.504 e. The molecule has 11 atom stereocenters. The number of nitrogens with two attached hydrogens (primary N) is 1. The minimum absolute atomic E-state index is 0.0303. The summed E-state index contributed by atoms with van der Waals surface area (Å²) in [5, 5.41) is 58.5. The molecule has 3 aliphatic rings. The van der Waals surface area contributed by atoms with Crippen LogP contribution in [0.15, 0.2) is 72.2 Å². The highest BCUT2D eigenvalue weighted by Gasteiger charge is 2.43. The number of ketones is 2. The van der Waals surface area contributed by atoms with Crippen LogP contribution in [-0.4, -0.2) is 80.2 Å². The quantitative estimate of drug-likeness (QED) is 0.0459. The number of fused-ring (bicyclic) bond motifs is 2. The maximum Gasteiger partial charge on any atom is 0.173 e. The summed E-state index contributed by atoms with van der Waals surface area (Å²) in [5.41, 5.74) is 13.0. The molecule has 1 fully saturated rings. The summed E-state index contributed by atoms with van der Waals surface area (Å²) < 4.78 is 5.54. The first kappa shape index (κ1) is 51.5. The number of aryl methyl sites for hydroxylation is 2. The highest BCUT2D eigenvalue weighted by Crippen LogP contribution is 2.45. The van der Waals surface area contributed by atoms with Gasteiger partial charge >= 0.3 is 0 Å². The van der Waals surface area contributed by atoms with Gasteiger partial charge in [0.05, 0.1) is 37.2 Å². The van der Waals surface area contributed by atoms with Gasteiger partial charge in [0.15, 0.2) is 29.2 Å². The number of ether oxygens (including phenoxy) is 1. The first-order chi connectivity index (χ1) is 32.1. The summed E-state index contributed by atoms with van der Waals surface area (Å²) in [4.78, 5) is 32.3. The predicted octanol–water partition coefficient (Wildman–Crippen LogP) is 7.91. The maximum atomic E-state index is 14.9. The number of H-pyrrole nitrogens is 1. The molecular weight excluding hydrogens is 843 g/mol. The Labute approximate surface area is 398 Å². The van der Waals surface area contributed by atoms with Gasteiger partial charge in [-0.05, 0) is 158 Å². The molecule has 0 bridgehead atoms. The van der Waals surface area contributed by atoms with Crippen LogP contribution in [0.4, 0.5) is 0 Å². The number of phenols is 1. The van der Waals surface area contributed by atoms with Crippen LogP contribution in [0, 0.1) is 47.3 Å². The number of rotatable bonds is 18. The summed E-state index contributed by atoms with van der Waals surface area (Å²) >= 11 is 0. The van der Waals surface area contributed by atoms with Crippen LogP contribution < -0.4 is 15.8 Å². The maximum absolute atomic E-state index is 14.9. The number of allylic oxidation sites excluding steroid dienone is 2. The minimum atomic E-state index is -1.83. The molecule has 364 valence electrons. The van der Waals surface area contributed by atoms with Crippen molar-refractivity contribution in [2.45, 2.75) is 154 Å². The zero-order valence-electron chi connectivity index (χ0n) is 40.6. The molecule has 11 heteroatoms. The fourth-order valence-corrected chi connectivity index (χ4v) is 10.9. The molecule has 1 aliphatic heterocycles. The van der Waals surface area contributed by atoms with Crippen LogP contribution in [0.25, 0.3) is 0 Å². The number of dihydropyridines is 1. The van der Waals surface area contributed by atoms with Gasteiger partial charge in [0, 0.05) is 43.1 Å². The van der Waals surface area contributed by atoms with Crippen LogP contribution in [0.2, 0.25) is 0 Å². The highest BCUT2D eigenvalue weighted by atomic mass is 16.5. The van der Waals surface area contributed by atoms with Crippen molar-refractivity contribution in [1.29, 1.82) is 0 Å². The molecule has 1 saturated carbocycles. The van der Waals surface area contributed by atoms with Gasteiger partial charge in [0.1, 0.15) is 0 Å². The van der Waals surface area contributed by atoms with Gasteiger partial charge in [0.25, 0.3) is 0 Å². The summed E-state index contributed by atoms with van der Waals surface area (Å²) in [6.07, 6.45) is 9.24. The number of aliphatic hydroxyl groups excluding tert-OH is 4. The Hall–Kier alpha value is -4.86. The lowest BCUT2D eigenvalue weighted by Gasteiger charge is -2.33. The Morgan fingerprint density at radius 3 is 2.40 bits per heavy atom. The van der Waals surface area contributed by atoms with Crippen LogP contribution in [0.1, 0.15) is 144 Å². The second-order valence-electron chi connectivity index (χ2n) is 20.3. The topological polar surface area (TPSA) is 198 Å². The zero-order chi connectivity index (χ0) is 48.4. The summed E-state index contributed by atoms with van der Waals surface area (Å²) in [7, 11) is 1.49. The molecule has 2 aliphatic carbocycles. The number of Topliss-reactive ketones (excluding diaryl/α,β-unsaturated/α-hetero) is 2. The van der Waals surface area contributed by atoms with E-state index in [4.69, 9.17) is 10.5 Å². The van der Waals surface area contributed by atoms with Crippen molar-refractivity contribution in [3.63, 3.8) is 0 Å². The van der Waals surface area contributed by atoms with Crippen molar-refractivity contribution in [3.8, 4) is 23.3 Å². The van der Waals surface area contributed by atoms with E-state index in [0.29, 0.717) is 63.2 Å². The van der Waals surface area contributed by atoms with E-state index in [2.05, 4.69) is 74.1 Å². The number of nitrogens with one attached hydrogen (secondary N) is 2. The Bertz CT molecular complexity index is 2270. The van der Waals surface area contributed by atoms with Crippen molar-refractivity contribution < 1.29 is 39.9 Å². The van der Waals surface area contributed by atoms with Crippen LogP contribution in [-0.2, 0) is 28.9 Å². The Morgan fingerprint density at radius 2 is 1.69 bits per heavy atom. The molecule has 6 rings (SSSR count). The second-order valence-corrected chi connectivity index (χ2v) is 20.3. The normalized spacial score (nSPS) is 24.7. The molecule has 0 amide bonds. The monoisotopic (exact) mass is 920 g/mol. The predicted molar refractivity (Wildman–Crippen MR) is 263 cm³/mol. The van der Waals surface area contributed by atoms with Gasteiger partial charge in [-0.1, -0.05) is 76.3 Å². The summed E-state index contributed by atoms with van der Waals surface area (Å²) in [6.45, 7) is 10.8. The van der Waals surface area contributed by atoms with Crippen LogP contribution in [0.3, 0.4) is 0 Å². The zero-order valence-corrected chi connectivity index (χ0v) is 40.6. The van der Waals surface area contributed by atoms with Crippen molar-refractivity contribution in [1.82, 2.24) is 10.3 Å². The molecule has 2 aromatic carbocycles. The van der Waals surface area contributed by atoms with E-state index in [1.54, 1.807) is 19.1 Å². The van der Waals surface area contributed by atoms with Gasteiger partial charge in [-0.15, -0.1) is 0 Å². The molecule has 0 radical (unpaired) electrons. The lowest BCUT2D eigenvalue weighted by Crippen LogP contribution is -2.40. The Kier molecular flexibility index (Phi) is 18.4. The van der Waals surface area contributed by atoms with E-state index in [0.717, 1.165) is 64.8 Å². The van der Waals surface area contributed by atoms with Crippen LogP contribution >= 0.6 is 0 Å². The highest BCUT2D eigenvalue weighted by molar-refractivity contribution is 6.06. The third-order valence-corrected chi connectivity index (χ3v) is 14.8. The molecule has 0 spiro atoms. The van der Waals surface area contributed by atoms with Crippen molar-refractivity contribution in [2.24, 2.45) is 41.2 Å². The number of hydrogen-bond donors (Lipinski definition) is 8. The molecule has 2 heterocycles. The lowest BCUT2D eigenvalue weighted by atomic mass is 9.73. The molecule has 0 saturated heterocycles. The number of aromatic amines is 1. The second kappa shape index (κ2) is 23.9. The molecule has 9 N–H and O–H groups in total. The van der Waals surface area contributed by atoms with E-state index in [-0.39, 0.29) is 48.0 Å².